The van der Waals surface area contributed by atoms with Gasteiger partial charge in [0, 0.05) is 12.1 Å². The van der Waals surface area contributed by atoms with E-state index in [9.17, 15) is 14.0 Å². The minimum atomic E-state index is -0.706. The Morgan fingerprint density at radius 1 is 1.14 bits per heavy atom. The highest BCUT2D eigenvalue weighted by atomic mass is 32.2. The second kappa shape index (κ2) is 10.9. The van der Waals surface area contributed by atoms with Crippen LogP contribution in [0.4, 0.5) is 15.8 Å². The Labute approximate surface area is 217 Å². The summed E-state index contributed by atoms with van der Waals surface area (Å²) < 4.78 is 30.6. The van der Waals surface area contributed by atoms with Crippen molar-refractivity contribution in [3.63, 3.8) is 0 Å². The standard InChI is InChI=1S/C27H24FN3O5S/c1-2-34-19-10-8-18(9-11-19)29-25(32)14-24-26(33)31(15-17-7-12-22-23(13-17)36-16-35-22)27(37-24)30-21-6-4-3-5-20(21)28/h3-13,24H,2,14-16H2,1H3,(H,29,32)/t24-/m0/s1. The fraction of sp³-hybridized carbons (Fsp3) is 0.222. The Hall–Kier alpha value is -4.05. The van der Waals surface area contributed by atoms with Crippen LogP contribution in [0.3, 0.4) is 0 Å². The van der Waals surface area contributed by atoms with Gasteiger partial charge in [-0.05, 0) is 61.0 Å². The van der Waals surface area contributed by atoms with E-state index in [-0.39, 0.29) is 37.3 Å². The predicted molar refractivity (Wildman–Crippen MR) is 139 cm³/mol. The molecule has 0 radical (unpaired) electrons. The molecule has 10 heteroatoms. The summed E-state index contributed by atoms with van der Waals surface area (Å²) in [6.45, 7) is 2.77. The topological polar surface area (TPSA) is 89.5 Å². The van der Waals surface area contributed by atoms with Crippen LogP contribution in [0.2, 0.25) is 0 Å². The smallest absolute Gasteiger partial charge is 0.242 e. The number of para-hydroxylation sites is 1. The molecule has 0 aliphatic carbocycles. The van der Waals surface area contributed by atoms with Crippen LogP contribution in [0.15, 0.2) is 71.7 Å². The molecule has 5 rings (SSSR count). The number of nitrogens with one attached hydrogen (secondary N) is 1. The van der Waals surface area contributed by atoms with Crippen LogP contribution in [0.1, 0.15) is 18.9 Å². The van der Waals surface area contributed by atoms with Crippen molar-refractivity contribution in [1.29, 1.82) is 0 Å². The van der Waals surface area contributed by atoms with Crippen molar-refractivity contribution in [2.45, 2.75) is 25.1 Å². The average Bonchev–Trinajstić information content (AvgIpc) is 3.47. The van der Waals surface area contributed by atoms with E-state index in [0.717, 1.165) is 17.3 Å². The summed E-state index contributed by atoms with van der Waals surface area (Å²) in [7, 11) is 0. The van der Waals surface area contributed by atoms with Crippen LogP contribution < -0.4 is 19.5 Å². The molecule has 2 aliphatic heterocycles. The molecule has 8 nitrogen and oxygen atoms in total. The summed E-state index contributed by atoms with van der Waals surface area (Å²) in [5, 5.41) is 2.44. The number of rotatable bonds is 8. The molecule has 2 amide bonds. The molecule has 1 atom stereocenters. The lowest BCUT2D eigenvalue weighted by atomic mass is 10.1. The zero-order valence-electron chi connectivity index (χ0n) is 20.0. The maximum absolute atomic E-state index is 14.3. The number of fused-ring (bicyclic) bond motifs is 1. The normalized spacial score (nSPS) is 17.4. The fourth-order valence-corrected chi connectivity index (χ4v) is 5.07. The van der Waals surface area contributed by atoms with Crippen LogP contribution in [0.25, 0.3) is 0 Å². The number of amidine groups is 1. The molecule has 1 saturated heterocycles. The number of anilines is 1. The minimum Gasteiger partial charge on any atom is -0.494 e. The molecular formula is C27H24FN3O5S. The minimum absolute atomic E-state index is 0.0648. The van der Waals surface area contributed by atoms with Gasteiger partial charge in [-0.25, -0.2) is 9.38 Å². The number of thioether (sulfide) groups is 1. The SMILES string of the molecule is CCOc1ccc(NC(=O)C[C@@H]2SC(=Nc3ccccc3F)N(Cc3ccc4c(c3)OCO4)C2=O)cc1. The molecule has 3 aromatic carbocycles. The number of nitrogens with zero attached hydrogens (tertiary/aromatic N) is 2. The van der Waals surface area contributed by atoms with E-state index in [1.807, 2.05) is 13.0 Å². The molecule has 2 heterocycles. The molecule has 1 N–H and O–H groups in total. The highest BCUT2D eigenvalue weighted by molar-refractivity contribution is 8.15. The molecule has 0 saturated carbocycles. The summed E-state index contributed by atoms with van der Waals surface area (Å²) in [5.74, 6) is 0.841. The molecule has 37 heavy (non-hydrogen) atoms. The van der Waals surface area contributed by atoms with Crippen molar-refractivity contribution in [3.05, 3.63) is 78.1 Å². The highest BCUT2D eigenvalue weighted by Crippen LogP contribution is 2.36. The van der Waals surface area contributed by atoms with E-state index in [4.69, 9.17) is 14.2 Å². The van der Waals surface area contributed by atoms with Gasteiger partial charge in [-0.2, -0.15) is 0 Å². The second-order valence-electron chi connectivity index (χ2n) is 8.27. The maximum Gasteiger partial charge on any atom is 0.242 e. The van der Waals surface area contributed by atoms with Crippen LogP contribution in [0.5, 0.6) is 17.2 Å². The first-order valence-corrected chi connectivity index (χ1v) is 12.6. The number of halogens is 1. The van der Waals surface area contributed by atoms with Gasteiger partial charge in [0.15, 0.2) is 16.7 Å². The van der Waals surface area contributed by atoms with Gasteiger partial charge in [-0.1, -0.05) is 30.0 Å². The second-order valence-corrected chi connectivity index (χ2v) is 9.44. The summed E-state index contributed by atoms with van der Waals surface area (Å²) >= 11 is 1.15. The molecule has 1 fully saturated rings. The number of benzene rings is 3. The van der Waals surface area contributed by atoms with Crippen LogP contribution in [0, 0.1) is 5.82 Å². The lowest BCUT2D eigenvalue weighted by Gasteiger charge is -2.17. The van der Waals surface area contributed by atoms with Gasteiger partial charge in [-0.15, -0.1) is 0 Å². The van der Waals surface area contributed by atoms with E-state index in [1.54, 1.807) is 48.5 Å². The molecule has 0 aromatic heterocycles. The first-order chi connectivity index (χ1) is 18.0. The Morgan fingerprint density at radius 3 is 2.70 bits per heavy atom. The monoisotopic (exact) mass is 521 g/mol. The van der Waals surface area contributed by atoms with Crippen molar-refractivity contribution in [2.24, 2.45) is 4.99 Å². The Kier molecular flexibility index (Phi) is 7.27. The maximum atomic E-state index is 14.3. The van der Waals surface area contributed by atoms with Crippen molar-refractivity contribution in [2.75, 3.05) is 18.7 Å². The van der Waals surface area contributed by atoms with Crippen molar-refractivity contribution in [1.82, 2.24) is 4.90 Å². The quantitative estimate of drug-likeness (QED) is 0.443. The molecular weight excluding hydrogens is 497 g/mol. The molecule has 3 aromatic rings. The molecule has 0 spiro atoms. The first-order valence-electron chi connectivity index (χ1n) is 11.7. The van der Waals surface area contributed by atoms with Crippen molar-refractivity contribution >= 4 is 40.1 Å². The first kappa shape index (κ1) is 24.6. The number of hydrogen-bond donors (Lipinski definition) is 1. The zero-order chi connectivity index (χ0) is 25.8. The van der Waals surface area contributed by atoms with Crippen LogP contribution in [-0.4, -0.2) is 40.5 Å². The van der Waals surface area contributed by atoms with Gasteiger partial charge < -0.3 is 19.5 Å². The van der Waals surface area contributed by atoms with Crippen molar-refractivity contribution < 1.29 is 28.2 Å². The highest BCUT2D eigenvalue weighted by Gasteiger charge is 2.39. The number of ether oxygens (including phenoxy) is 3. The Bertz CT molecular complexity index is 1350. The van der Waals surface area contributed by atoms with E-state index in [2.05, 4.69) is 10.3 Å². The lowest BCUT2D eigenvalue weighted by Crippen LogP contribution is -2.33. The van der Waals surface area contributed by atoms with Crippen LogP contribution in [-0.2, 0) is 16.1 Å². The van der Waals surface area contributed by atoms with Gasteiger partial charge in [0.05, 0.1) is 13.2 Å². The predicted octanol–water partition coefficient (Wildman–Crippen LogP) is 5.11. The molecule has 0 unspecified atom stereocenters. The number of hydrogen-bond acceptors (Lipinski definition) is 7. The number of amides is 2. The van der Waals surface area contributed by atoms with Gasteiger partial charge in [-0.3, -0.25) is 14.5 Å². The average molecular weight is 522 g/mol. The van der Waals surface area contributed by atoms with E-state index >= 15 is 0 Å². The zero-order valence-corrected chi connectivity index (χ0v) is 20.8. The van der Waals surface area contributed by atoms with Gasteiger partial charge in [0.25, 0.3) is 0 Å². The van der Waals surface area contributed by atoms with Gasteiger partial charge in [0.2, 0.25) is 18.6 Å². The van der Waals surface area contributed by atoms with E-state index < -0.39 is 11.1 Å². The third kappa shape index (κ3) is 5.69. The molecule has 0 bridgehead atoms. The summed E-state index contributed by atoms with van der Waals surface area (Å²) in [4.78, 5) is 32.1. The Morgan fingerprint density at radius 2 is 1.92 bits per heavy atom. The fourth-order valence-electron chi connectivity index (χ4n) is 3.92. The largest absolute Gasteiger partial charge is 0.494 e. The van der Waals surface area contributed by atoms with Crippen molar-refractivity contribution in [3.8, 4) is 17.2 Å². The third-order valence-corrected chi connectivity index (χ3v) is 6.86. The lowest BCUT2D eigenvalue weighted by molar-refractivity contribution is -0.128. The molecule has 2 aliphatic rings. The van der Waals surface area contributed by atoms with Gasteiger partial charge in [0.1, 0.15) is 22.5 Å². The third-order valence-electron chi connectivity index (χ3n) is 5.69. The number of carbonyl (C=O) groups is 2. The summed E-state index contributed by atoms with van der Waals surface area (Å²) in [5.41, 5.74) is 1.51. The van der Waals surface area contributed by atoms with E-state index in [0.29, 0.717) is 34.7 Å². The summed E-state index contributed by atoms with van der Waals surface area (Å²) in [6, 6.07) is 18.5. The Balaban J connectivity index is 1.34. The van der Waals surface area contributed by atoms with E-state index in [1.165, 1.54) is 17.0 Å². The molecule has 190 valence electrons. The number of carbonyl (C=O) groups excluding carboxylic acids is 2. The van der Waals surface area contributed by atoms with Gasteiger partial charge >= 0.3 is 0 Å². The van der Waals surface area contributed by atoms with Crippen LogP contribution >= 0.6 is 11.8 Å². The summed E-state index contributed by atoms with van der Waals surface area (Å²) in [6.07, 6.45) is -0.0648. The number of aliphatic imine (C=N–C) groups is 1.